The van der Waals surface area contributed by atoms with Crippen LogP contribution in [0.25, 0.3) is 10.9 Å². The molecule has 2 aromatic rings. The van der Waals surface area contributed by atoms with E-state index in [9.17, 15) is 4.79 Å². The first kappa shape index (κ1) is 10.4. The lowest BCUT2D eigenvalue weighted by atomic mass is 10.2. The summed E-state index contributed by atoms with van der Waals surface area (Å²) in [5.41, 5.74) is 0.619. The molecule has 0 aliphatic heterocycles. The second kappa shape index (κ2) is 4.14. The first-order chi connectivity index (χ1) is 7.78. The SMILES string of the molecule is COc1ccc2c(OC)nc(C=O)nc2c1. The van der Waals surface area contributed by atoms with E-state index in [2.05, 4.69) is 9.97 Å². The van der Waals surface area contributed by atoms with Crippen LogP contribution in [0.3, 0.4) is 0 Å². The van der Waals surface area contributed by atoms with Crippen molar-refractivity contribution >= 4 is 17.2 Å². The third kappa shape index (κ3) is 1.67. The number of nitrogens with zero attached hydrogens (tertiary/aromatic N) is 2. The van der Waals surface area contributed by atoms with Crippen molar-refractivity contribution in [3.63, 3.8) is 0 Å². The molecule has 0 aliphatic rings. The predicted molar refractivity (Wildman–Crippen MR) is 58.0 cm³/mol. The lowest BCUT2D eigenvalue weighted by Crippen LogP contribution is -1.98. The number of methoxy groups -OCH3 is 2. The van der Waals surface area contributed by atoms with Crippen molar-refractivity contribution in [3.05, 3.63) is 24.0 Å². The van der Waals surface area contributed by atoms with E-state index in [-0.39, 0.29) is 5.82 Å². The van der Waals surface area contributed by atoms with Crippen molar-refractivity contribution in [1.82, 2.24) is 9.97 Å². The van der Waals surface area contributed by atoms with Crippen LogP contribution in [0.2, 0.25) is 0 Å². The molecule has 2 rings (SSSR count). The number of ether oxygens (including phenoxy) is 2. The number of fused-ring (bicyclic) bond motifs is 1. The van der Waals surface area contributed by atoms with E-state index in [0.717, 1.165) is 5.39 Å². The van der Waals surface area contributed by atoms with Crippen molar-refractivity contribution in [2.24, 2.45) is 0 Å². The Labute approximate surface area is 92.0 Å². The number of aromatic nitrogens is 2. The Morgan fingerprint density at radius 1 is 1.19 bits per heavy atom. The van der Waals surface area contributed by atoms with Gasteiger partial charge in [0.2, 0.25) is 5.88 Å². The molecule has 0 spiro atoms. The number of rotatable bonds is 3. The van der Waals surface area contributed by atoms with Crippen LogP contribution in [0, 0.1) is 0 Å². The van der Waals surface area contributed by atoms with Gasteiger partial charge in [-0.05, 0) is 12.1 Å². The van der Waals surface area contributed by atoms with Gasteiger partial charge >= 0.3 is 0 Å². The molecule has 0 saturated carbocycles. The summed E-state index contributed by atoms with van der Waals surface area (Å²) in [5, 5.41) is 0.744. The number of hydrogen-bond acceptors (Lipinski definition) is 5. The molecule has 5 heteroatoms. The van der Waals surface area contributed by atoms with E-state index in [1.807, 2.05) is 0 Å². The Morgan fingerprint density at radius 3 is 2.62 bits per heavy atom. The lowest BCUT2D eigenvalue weighted by Gasteiger charge is -2.06. The van der Waals surface area contributed by atoms with E-state index < -0.39 is 0 Å². The van der Waals surface area contributed by atoms with Crippen LogP contribution < -0.4 is 9.47 Å². The van der Waals surface area contributed by atoms with Gasteiger partial charge in [0.1, 0.15) is 5.75 Å². The Hall–Kier alpha value is -2.17. The molecule has 16 heavy (non-hydrogen) atoms. The van der Waals surface area contributed by atoms with Crippen LogP contribution in [-0.4, -0.2) is 30.5 Å². The van der Waals surface area contributed by atoms with Gasteiger partial charge in [-0.2, -0.15) is 4.98 Å². The number of aldehydes is 1. The molecule has 0 N–H and O–H groups in total. The summed E-state index contributed by atoms with van der Waals surface area (Å²) in [7, 11) is 3.07. The molecule has 0 atom stereocenters. The van der Waals surface area contributed by atoms with Crippen molar-refractivity contribution in [3.8, 4) is 11.6 Å². The van der Waals surface area contributed by atoms with Gasteiger partial charge in [-0.15, -0.1) is 0 Å². The Bertz CT molecular complexity index is 540. The zero-order valence-corrected chi connectivity index (χ0v) is 8.93. The molecule has 1 aromatic heterocycles. The van der Waals surface area contributed by atoms with Gasteiger partial charge < -0.3 is 9.47 Å². The highest BCUT2D eigenvalue weighted by atomic mass is 16.5. The van der Waals surface area contributed by atoms with Gasteiger partial charge in [-0.1, -0.05) is 0 Å². The summed E-state index contributed by atoms with van der Waals surface area (Å²) in [6, 6.07) is 5.31. The van der Waals surface area contributed by atoms with Crippen molar-refractivity contribution < 1.29 is 14.3 Å². The Balaban J connectivity index is 2.73. The summed E-state index contributed by atoms with van der Waals surface area (Å²) < 4.78 is 10.2. The van der Waals surface area contributed by atoms with Crippen LogP contribution in [0.1, 0.15) is 10.6 Å². The molecule has 0 saturated heterocycles. The first-order valence-electron chi connectivity index (χ1n) is 4.63. The molecule has 0 bridgehead atoms. The minimum Gasteiger partial charge on any atom is -0.497 e. The van der Waals surface area contributed by atoms with Gasteiger partial charge in [0.05, 0.1) is 25.1 Å². The quantitative estimate of drug-likeness (QED) is 0.730. The zero-order chi connectivity index (χ0) is 11.5. The molecular weight excluding hydrogens is 208 g/mol. The largest absolute Gasteiger partial charge is 0.497 e. The molecule has 0 fully saturated rings. The van der Waals surface area contributed by atoms with Crippen LogP contribution in [-0.2, 0) is 0 Å². The number of carbonyl (C=O) groups is 1. The minimum absolute atomic E-state index is 0.0950. The molecule has 0 unspecified atom stereocenters. The van der Waals surface area contributed by atoms with E-state index in [0.29, 0.717) is 23.4 Å². The van der Waals surface area contributed by atoms with Crippen LogP contribution in [0.15, 0.2) is 18.2 Å². The Kier molecular flexibility index (Phi) is 2.68. The lowest BCUT2D eigenvalue weighted by molar-refractivity contribution is 0.111. The van der Waals surface area contributed by atoms with Crippen LogP contribution in [0.4, 0.5) is 0 Å². The normalized spacial score (nSPS) is 10.1. The fraction of sp³-hybridized carbons (Fsp3) is 0.182. The molecule has 82 valence electrons. The monoisotopic (exact) mass is 218 g/mol. The Morgan fingerprint density at radius 2 is 2.00 bits per heavy atom. The molecular formula is C11H10N2O3. The topological polar surface area (TPSA) is 61.3 Å². The van der Waals surface area contributed by atoms with Crippen molar-refractivity contribution in [2.45, 2.75) is 0 Å². The molecule has 0 amide bonds. The molecule has 1 heterocycles. The van der Waals surface area contributed by atoms with Crippen molar-refractivity contribution in [2.75, 3.05) is 14.2 Å². The van der Waals surface area contributed by atoms with Crippen LogP contribution >= 0.6 is 0 Å². The fourth-order valence-corrected chi connectivity index (χ4v) is 1.43. The average molecular weight is 218 g/mol. The van der Waals surface area contributed by atoms with Gasteiger partial charge in [0.25, 0.3) is 0 Å². The van der Waals surface area contributed by atoms with Gasteiger partial charge in [-0.3, -0.25) is 4.79 Å². The number of carbonyl (C=O) groups excluding carboxylic acids is 1. The number of hydrogen-bond donors (Lipinski definition) is 0. The van der Waals surface area contributed by atoms with Gasteiger partial charge in [0.15, 0.2) is 12.1 Å². The maximum Gasteiger partial charge on any atom is 0.224 e. The van der Waals surface area contributed by atoms with E-state index in [1.165, 1.54) is 7.11 Å². The smallest absolute Gasteiger partial charge is 0.224 e. The van der Waals surface area contributed by atoms with Crippen LogP contribution in [0.5, 0.6) is 11.6 Å². The standard InChI is InChI=1S/C11H10N2O3/c1-15-7-3-4-8-9(5-7)12-10(6-14)13-11(8)16-2/h3-6H,1-2H3. The highest BCUT2D eigenvalue weighted by molar-refractivity contribution is 5.87. The number of benzene rings is 1. The highest BCUT2D eigenvalue weighted by Crippen LogP contribution is 2.25. The minimum atomic E-state index is 0.0950. The average Bonchev–Trinajstić information content (AvgIpc) is 2.36. The summed E-state index contributed by atoms with van der Waals surface area (Å²) in [6.07, 6.45) is 0.585. The predicted octanol–water partition coefficient (Wildman–Crippen LogP) is 1.46. The summed E-state index contributed by atoms with van der Waals surface area (Å²) in [4.78, 5) is 18.7. The summed E-state index contributed by atoms with van der Waals surface area (Å²) >= 11 is 0. The summed E-state index contributed by atoms with van der Waals surface area (Å²) in [5.74, 6) is 1.15. The third-order valence-corrected chi connectivity index (χ3v) is 2.19. The fourth-order valence-electron chi connectivity index (χ4n) is 1.43. The molecule has 1 aromatic carbocycles. The summed E-state index contributed by atoms with van der Waals surface area (Å²) in [6.45, 7) is 0. The molecule has 5 nitrogen and oxygen atoms in total. The third-order valence-electron chi connectivity index (χ3n) is 2.19. The van der Waals surface area contributed by atoms with E-state index in [4.69, 9.17) is 9.47 Å². The van der Waals surface area contributed by atoms with E-state index in [1.54, 1.807) is 25.3 Å². The molecule has 0 radical (unpaired) electrons. The zero-order valence-electron chi connectivity index (χ0n) is 8.93. The van der Waals surface area contributed by atoms with Gasteiger partial charge in [-0.25, -0.2) is 4.98 Å². The second-order valence-corrected chi connectivity index (χ2v) is 3.09. The maximum absolute atomic E-state index is 10.7. The highest BCUT2D eigenvalue weighted by Gasteiger charge is 2.08. The molecule has 0 aliphatic carbocycles. The van der Waals surface area contributed by atoms with E-state index >= 15 is 0 Å². The first-order valence-corrected chi connectivity index (χ1v) is 4.63. The van der Waals surface area contributed by atoms with Crippen molar-refractivity contribution in [1.29, 1.82) is 0 Å². The maximum atomic E-state index is 10.7. The second-order valence-electron chi connectivity index (χ2n) is 3.09. The van der Waals surface area contributed by atoms with Gasteiger partial charge in [0, 0.05) is 6.07 Å².